The average Bonchev–Trinajstić information content (AvgIpc) is 2.71. The van der Waals surface area contributed by atoms with Gasteiger partial charge < -0.3 is 10.2 Å². The first-order valence-electron chi connectivity index (χ1n) is 6.11. The van der Waals surface area contributed by atoms with Gasteiger partial charge in [0.05, 0.1) is 8.66 Å². The molecule has 1 N–H and O–H groups in total. The molecule has 4 heterocycles. The van der Waals surface area contributed by atoms with Crippen LogP contribution in [0.1, 0.15) is 22.5 Å². The van der Waals surface area contributed by atoms with Crippen LogP contribution >= 0.6 is 43.2 Å². The third-order valence-corrected chi connectivity index (χ3v) is 7.10. The Hall–Kier alpha value is 0.0900. The number of hydrogen-bond donors (Lipinski definition) is 1. The lowest BCUT2D eigenvalue weighted by molar-refractivity contribution is 0.0622. The quantitative estimate of drug-likeness (QED) is 0.837. The average molecular weight is 394 g/mol. The fourth-order valence-electron chi connectivity index (χ4n) is 2.83. The van der Waals surface area contributed by atoms with Crippen molar-refractivity contribution in [3.05, 3.63) is 19.2 Å². The van der Waals surface area contributed by atoms with Crippen LogP contribution in [0.25, 0.3) is 0 Å². The molecule has 1 aromatic heterocycles. The van der Waals surface area contributed by atoms with Crippen molar-refractivity contribution in [2.45, 2.75) is 18.9 Å². The second-order valence-corrected chi connectivity index (χ2v) is 8.17. The summed E-state index contributed by atoms with van der Waals surface area (Å²) in [5.41, 5.74) is 0. The molecule has 0 radical (unpaired) electrons. The SMILES string of the molecule is O=C(N[C@H]1CN2CCC1CC2)c1cc(Br)c(Br)s1. The molecule has 3 fully saturated rings. The van der Waals surface area contributed by atoms with E-state index in [9.17, 15) is 4.79 Å². The molecule has 0 aliphatic carbocycles. The van der Waals surface area contributed by atoms with E-state index in [0.29, 0.717) is 12.0 Å². The third kappa shape index (κ3) is 2.53. The minimum atomic E-state index is 0.0603. The molecule has 3 nitrogen and oxygen atoms in total. The Bertz CT molecular complexity index is 449. The fourth-order valence-corrected chi connectivity index (χ4v) is 4.77. The maximum Gasteiger partial charge on any atom is 0.261 e. The zero-order valence-corrected chi connectivity index (χ0v) is 13.8. The maximum absolute atomic E-state index is 12.2. The smallest absolute Gasteiger partial charge is 0.261 e. The van der Waals surface area contributed by atoms with E-state index in [2.05, 4.69) is 42.1 Å². The second-order valence-electron chi connectivity index (χ2n) is 4.95. The van der Waals surface area contributed by atoms with Crippen LogP contribution in [0, 0.1) is 5.92 Å². The molecule has 0 spiro atoms. The van der Waals surface area contributed by atoms with Crippen LogP contribution < -0.4 is 5.32 Å². The number of carbonyl (C=O) groups excluding carboxylic acids is 1. The van der Waals surface area contributed by atoms with Crippen molar-refractivity contribution < 1.29 is 4.79 Å². The zero-order valence-electron chi connectivity index (χ0n) is 9.79. The number of halogens is 2. The predicted octanol–water partition coefficient (Wildman–Crippen LogP) is 3.10. The normalized spacial score (nSPS) is 30.4. The predicted molar refractivity (Wildman–Crippen MR) is 80.1 cm³/mol. The topological polar surface area (TPSA) is 32.3 Å². The summed E-state index contributed by atoms with van der Waals surface area (Å²) in [6, 6.07) is 2.21. The van der Waals surface area contributed by atoms with Crippen LogP contribution in [0.2, 0.25) is 0 Å². The molecular weight excluding hydrogens is 380 g/mol. The van der Waals surface area contributed by atoms with Crippen molar-refractivity contribution in [1.82, 2.24) is 10.2 Å². The molecule has 0 unspecified atom stereocenters. The summed E-state index contributed by atoms with van der Waals surface area (Å²) in [6.07, 6.45) is 2.45. The van der Waals surface area contributed by atoms with Crippen LogP contribution in [0.4, 0.5) is 0 Å². The minimum absolute atomic E-state index is 0.0603. The Morgan fingerprint density at radius 1 is 1.39 bits per heavy atom. The summed E-state index contributed by atoms with van der Waals surface area (Å²) in [7, 11) is 0. The first-order valence-corrected chi connectivity index (χ1v) is 8.52. The second kappa shape index (κ2) is 5.23. The van der Waals surface area contributed by atoms with Gasteiger partial charge in [-0.25, -0.2) is 0 Å². The third-order valence-electron chi connectivity index (χ3n) is 3.84. The highest BCUT2D eigenvalue weighted by atomic mass is 79.9. The van der Waals surface area contributed by atoms with Crippen LogP contribution in [-0.4, -0.2) is 36.5 Å². The van der Waals surface area contributed by atoms with Gasteiger partial charge in [-0.3, -0.25) is 4.79 Å². The monoisotopic (exact) mass is 392 g/mol. The first-order chi connectivity index (χ1) is 8.63. The van der Waals surface area contributed by atoms with E-state index < -0.39 is 0 Å². The van der Waals surface area contributed by atoms with Crippen molar-refractivity contribution >= 4 is 49.1 Å². The summed E-state index contributed by atoms with van der Waals surface area (Å²) >= 11 is 8.32. The highest BCUT2D eigenvalue weighted by molar-refractivity contribution is 9.13. The van der Waals surface area contributed by atoms with Gasteiger partial charge in [0.25, 0.3) is 5.91 Å². The molecule has 1 amide bonds. The van der Waals surface area contributed by atoms with E-state index in [0.717, 1.165) is 19.7 Å². The van der Waals surface area contributed by atoms with Crippen LogP contribution in [0.3, 0.4) is 0 Å². The molecule has 98 valence electrons. The largest absolute Gasteiger partial charge is 0.347 e. The summed E-state index contributed by atoms with van der Waals surface area (Å²) in [6.45, 7) is 3.42. The van der Waals surface area contributed by atoms with Crippen LogP contribution in [0.15, 0.2) is 14.3 Å². The van der Waals surface area contributed by atoms with Gasteiger partial charge >= 0.3 is 0 Å². The molecular formula is C12H14Br2N2OS. The lowest BCUT2D eigenvalue weighted by atomic mass is 9.84. The van der Waals surface area contributed by atoms with E-state index in [-0.39, 0.29) is 5.91 Å². The Balaban J connectivity index is 1.67. The van der Waals surface area contributed by atoms with Crippen molar-refractivity contribution in [2.75, 3.05) is 19.6 Å². The maximum atomic E-state index is 12.2. The van der Waals surface area contributed by atoms with Crippen molar-refractivity contribution in [3.63, 3.8) is 0 Å². The van der Waals surface area contributed by atoms with Gasteiger partial charge in [-0.1, -0.05) is 0 Å². The number of amides is 1. The van der Waals surface area contributed by atoms with Crippen molar-refractivity contribution in [2.24, 2.45) is 5.92 Å². The number of thiophene rings is 1. The van der Waals surface area contributed by atoms with Gasteiger partial charge in [0.1, 0.15) is 0 Å². The molecule has 1 atom stereocenters. The summed E-state index contributed by atoms with van der Waals surface area (Å²) in [5.74, 6) is 0.732. The van der Waals surface area contributed by atoms with Gasteiger partial charge in [-0.05, 0) is 69.8 Å². The van der Waals surface area contributed by atoms with Gasteiger partial charge in [-0.15, -0.1) is 11.3 Å². The summed E-state index contributed by atoms with van der Waals surface area (Å²) < 4.78 is 1.92. The van der Waals surface area contributed by atoms with E-state index in [1.165, 1.54) is 37.3 Å². The minimum Gasteiger partial charge on any atom is -0.347 e. The number of fused-ring (bicyclic) bond motifs is 3. The van der Waals surface area contributed by atoms with E-state index in [1.807, 2.05) is 6.07 Å². The van der Waals surface area contributed by atoms with Gasteiger partial charge in [0, 0.05) is 17.1 Å². The number of piperidine rings is 3. The van der Waals surface area contributed by atoms with E-state index in [4.69, 9.17) is 0 Å². The number of carbonyl (C=O) groups is 1. The molecule has 1 aromatic rings. The zero-order chi connectivity index (χ0) is 12.7. The molecule has 3 aliphatic rings. The summed E-state index contributed by atoms with van der Waals surface area (Å²) in [4.78, 5) is 15.4. The van der Waals surface area contributed by atoms with Gasteiger partial charge in [0.2, 0.25) is 0 Å². The van der Waals surface area contributed by atoms with Crippen LogP contribution in [0.5, 0.6) is 0 Å². The van der Waals surface area contributed by atoms with Crippen LogP contribution in [-0.2, 0) is 0 Å². The lowest BCUT2D eigenvalue weighted by Crippen LogP contribution is -2.57. The molecule has 3 saturated heterocycles. The van der Waals surface area contributed by atoms with Gasteiger partial charge in [0.15, 0.2) is 0 Å². The van der Waals surface area contributed by atoms with Crippen molar-refractivity contribution in [1.29, 1.82) is 0 Å². The number of nitrogens with one attached hydrogen (secondary N) is 1. The first kappa shape index (κ1) is 13.1. The fraction of sp³-hybridized carbons (Fsp3) is 0.583. The Morgan fingerprint density at radius 3 is 2.61 bits per heavy atom. The highest BCUT2D eigenvalue weighted by Crippen LogP contribution is 2.33. The Labute approximate surface area is 127 Å². The molecule has 0 saturated carbocycles. The lowest BCUT2D eigenvalue weighted by Gasteiger charge is -2.44. The molecule has 4 rings (SSSR count). The van der Waals surface area contributed by atoms with E-state index >= 15 is 0 Å². The van der Waals surface area contributed by atoms with Crippen molar-refractivity contribution in [3.8, 4) is 0 Å². The Kier molecular flexibility index (Phi) is 3.80. The molecule has 18 heavy (non-hydrogen) atoms. The number of nitrogens with zero attached hydrogens (tertiary/aromatic N) is 1. The molecule has 0 aromatic carbocycles. The molecule has 2 bridgehead atoms. The Morgan fingerprint density at radius 2 is 2.11 bits per heavy atom. The highest BCUT2D eigenvalue weighted by Gasteiger charge is 2.35. The standard InChI is InChI=1S/C12H14Br2N2OS/c13-8-5-10(18-11(8)14)12(17)15-9-6-16-3-1-7(9)2-4-16/h5,7,9H,1-4,6H2,(H,15,17)/t9-/m0/s1. The van der Waals surface area contributed by atoms with E-state index in [1.54, 1.807) is 0 Å². The summed E-state index contributed by atoms with van der Waals surface area (Å²) in [5, 5.41) is 3.20. The number of rotatable bonds is 2. The van der Waals surface area contributed by atoms with Gasteiger partial charge in [-0.2, -0.15) is 0 Å². The molecule has 6 heteroatoms. The number of hydrogen-bond acceptors (Lipinski definition) is 3. The molecule has 3 aliphatic heterocycles.